The predicted molar refractivity (Wildman–Crippen MR) is 158 cm³/mol. The van der Waals surface area contributed by atoms with Gasteiger partial charge >= 0.3 is 5.97 Å². The number of dihydropyridines is 1. The monoisotopic (exact) mass is 547 g/mol. The molecule has 9 nitrogen and oxygen atoms in total. The molecular formula is C32H29N5O4. The Balaban J connectivity index is 1.32. The molecule has 0 spiro atoms. The lowest BCUT2D eigenvalue weighted by Crippen LogP contribution is -2.31. The van der Waals surface area contributed by atoms with Crippen LogP contribution in [-0.4, -0.2) is 52.2 Å². The number of hydrogen-bond acceptors (Lipinski definition) is 9. The molecule has 2 aliphatic rings. The van der Waals surface area contributed by atoms with E-state index in [9.17, 15) is 14.4 Å². The van der Waals surface area contributed by atoms with Crippen LogP contribution in [0.2, 0.25) is 0 Å². The lowest BCUT2D eigenvalue weighted by atomic mass is 9.95. The largest absolute Gasteiger partial charge is 0.426 e. The van der Waals surface area contributed by atoms with Gasteiger partial charge in [-0.15, -0.1) is 0 Å². The molecule has 1 unspecified atom stereocenters. The van der Waals surface area contributed by atoms with E-state index in [1.165, 1.54) is 6.08 Å². The smallest absolute Gasteiger partial charge is 0.316 e. The quantitative estimate of drug-likeness (QED) is 0.186. The normalized spacial score (nSPS) is 16.2. The highest BCUT2D eigenvalue weighted by molar-refractivity contribution is 6.70. The highest BCUT2D eigenvalue weighted by atomic mass is 16.5. The lowest BCUT2D eigenvalue weighted by Gasteiger charge is -2.20. The Morgan fingerprint density at radius 2 is 1.90 bits per heavy atom. The molecule has 0 aliphatic carbocycles. The third kappa shape index (κ3) is 6.24. The maximum Gasteiger partial charge on any atom is 0.316 e. The van der Waals surface area contributed by atoms with Gasteiger partial charge in [0.25, 0.3) is 0 Å². The van der Waals surface area contributed by atoms with Crippen LogP contribution < -0.4 is 10.1 Å². The molecule has 0 saturated heterocycles. The highest BCUT2D eigenvalue weighted by Gasteiger charge is 2.26. The van der Waals surface area contributed by atoms with Crippen LogP contribution in [0.4, 0.5) is 11.4 Å². The Morgan fingerprint density at radius 3 is 2.66 bits per heavy atom. The topological polar surface area (TPSA) is 134 Å². The van der Waals surface area contributed by atoms with Gasteiger partial charge in [-0.05, 0) is 68.8 Å². The van der Waals surface area contributed by atoms with Crippen LogP contribution in [0.5, 0.6) is 5.75 Å². The summed E-state index contributed by atoms with van der Waals surface area (Å²) >= 11 is 0. The molecule has 3 heterocycles. The number of aliphatic imine (C=N–C) groups is 2. The van der Waals surface area contributed by atoms with Crippen molar-refractivity contribution in [3.05, 3.63) is 95.8 Å². The van der Waals surface area contributed by atoms with Gasteiger partial charge in [0.15, 0.2) is 5.78 Å². The van der Waals surface area contributed by atoms with Crippen molar-refractivity contribution in [3.63, 3.8) is 0 Å². The zero-order valence-electron chi connectivity index (χ0n) is 23.0. The van der Waals surface area contributed by atoms with Crippen molar-refractivity contribution < 1.29 is 19.1 Å². The number of aromatic nitrogens is 1. The minimum absolute atomic E-state index is 0.115. The summed E-state index contributed by atoms with van der Waals surface area (Å²) in [5, 5.41) is 11.8. The van der Waals surface area contributed by atoms with Crippen molar-refractivity contribution in [2.24, 2.45) is 15.4 Å². The number of carbonyl (C=O) groups excluding carboxylic acids is 3. The standard InChI is InChI=1S/C32H29N5O4/c1-32(2,3)31(40)41-22-9-10-24-25(16-22)37-27(18-35-24)29(33)30(39)20-7-4-6-19(14-20)15-26-28(38)12-11-23(36-26)21-8-5-13-34-17-21/h4-14,16-17,26,33,35H,15,18H2,1-3H3. The maximum atomic E-state index is 13.3. The maximum absolute atomic E-state index is 13.3. The fraction of sp³-hybridized carbons (Fsp3) is 0.219. The lowest BCUT2D eigenvalue weighted by molar-refractivity contribution is -0.143. The van der Waals surface area contributed by atoms with Gasteiger partial charge in [0.05, 0.1) is 34.8 Å². The van der Waals surface area contributed by atoms with Crippen molar-refractivity contribution in [1.82, 2.24) is 4.98 Å². The molecule has 206 valence electrons. The number of carbonyl (C=O) groups is 3. The Morgan fingerprint density at radius 1 is 1.07 bits per heavy atom. The fourth-order valence-electron chi connectivity index (χ4n) is 4.30. The van der Waals surface area contributed by atoms with Crippen molar-refractivity contribution in [2.75, 3.05) is 11.9 Å². The summed E-state index contributed by atoms with van der Waals surface area (Å²) in [5.41, 5.74) is 3.12. The van der Waals surface area contributed by atoms with E-state index in [4.69, 9.17) is 10.1 Å². The predicted octanol–water partition coefficient (Wildman–Crippen LogP) is 4.97. The SMILES string of the molecule is CC(C)(C)C(=O)Oc1ccc2c(c1)N=C(C(=N)C(=O)c1cccc(CC3N=C(c4cccnc4)C=CC3=O)c1)CN2. The highest BCUT2D eigenvalue weighted by Crippen LogP contribution is 2.33. The van der Waals surface area contributed by atoms with Gasteiger partial charge in [-0.1, -0.05) is 18.2 Å². The molecule has 1 atom stereocenters. The number of ether oxygens (including phenoxy) is 1. The van der Waals surface area contributed by atoms with E-state index in [1.807, 2.05) is 18.2 Å². The van der Waals surface area contributed by atoms with Gasteiger partial charge in [0, 0.05) is 36.0 Å². The van der Waals surface area contributed by atoms with E-state index in [2.05, 4.69) is 20.3 Å². The number of fused-ring (bicyclic) bond motifs is 1. The van der Waals surface area contributed by atoms with Gasteiger partial charge in [0.2, 0.25) is 5.78 Å². The van der Waals surface area contributed by atoms with Crippen molar-refractivity contribution in [3.8, 4) is 5.75 Å². The number of Topliss-reactive ketones (excluding diaryl/α,β-unsaturated/α-hetero) is 1. The van der Waals surface area contributed by atoms with Gasteiger partial charge < -0.3 is 10.1 Å². The number of anilines is 1. The molecule has 9 heteroatoms. The first-order valence-corrected chi connectivity index (χ1v) is 13.2. The summed E-state index contributed by atoms with van der Waals surface area (Å²) in [7, 11) is 0. The first kappa shape index (κ1) is 27.5. The Labute approximate surface area is 237 Å². The molecule has 2 aliphatic heterocycles. The number of esters is 1. The Kier molecular flexibility index (Phi) is 7.52. The summed E-state index contributed by atoms with van der Waals surface area (Å²) < 4.78 is 5.48. The molecule has 0 saturated carbocycles. The molecule has 3 aromatic rings. The van der Waals surface area contributed by atoms with Crippen molar-refractivity contribution in [2.45, 2.75) is 33.2 Å². The molecule has 0 radical (unpaired) electrons. The number of benzene rings is 2. The molecule has 0 amide bonds. The average Bonchev–Trinajstić information content (AvgIpc) is 2.97. The van der Waals surface area contributed by atoms with E-state index in [-0.39, 0.29) is 29.7 Å². The summed E-state index contributed by atoms with van der Waals surface area (Å²) in [4.78, 5) is 51.5. The van der Waals surface area contributed by atoms with E-state index in [0.717, 1.165) is 11.1 Å². The first-order chi connectivity index (χ1) is 19.6. The van der Waals surface area contributed by atoms with Crippen LogP contribution in [0.25, 0.3) is 0 Å². The second-order valence-corrected chi connectivity index (χ2v) is 10.8. The first-order valence-electron chi connectivity index (χ1n) is 13.2. The Hall–Kier alpha value is -5.05. The molecule has 2 N–H and O–H groups in total. The number of hydrogen-bond donors (Lipinski definition) is 2. The third-order valence-corrected chi connectivity index (χ3v) is 6.61. The van der Waals surface area contributed by atoms with E-state index in [1.54, 1.807) is 75.6 Å². The molecule has 5 rings (SSSR count). The minimum Gasteiger partial charge on any atom is -0.426 e. The van der Waals surface area contributed by atoms with E-state index < -0.39 is 17.2 Å². The second-order valence-electron chi connectivity index (χ2n) is 10.8. The fourth-order valence-corrected chi connectivity index (χ4v) is 4.30. The summed E-state index contributed by atoms with van der Waals surface area (Å²) in [5.74, 6) is -0.641. The summed E-state index contributed by atoms with van der Waals surface area (Å²) in [6.07, 6.45) is 6.89. The molecular weight excluding hydrogens is 518 g/mol. The second kappa shape index (κ2) is 11.2. The average molecular weight is 548 g/mol. The zero-order chi connectivity index (χ0) is 29.1. The van der Waals surface area contributed by atoms with Crippen LogP contribution in [0.15, 0.2) is 89.1 Å². The molecule has 0 bridgehead atoms. The summed E-state index contributed by atoms with van der Waals surface area (Å²) in [6, 6.07) is 15.0. The molecule has 0 fully saturated rings. The third-order valence-electron chi connectivity index (χ3n) is 6.61. The van der Waals surface area contributed by atoms with Crippen LogP contribution in [0.3, 0.4) is 0 Å². The van der Waals surface area contributed by atoms with Crippen molar-refractivity contribution >= 4 is 46.0 Å². The zero-order valence-corrected chi connectivity index (χ0v) is 23.0. The van der Waals surface area contributed by atoms with Gasteiger partial charge in [-0.25, -0.2) is 4.99 Å². The number of rotatable bonds is 7. The van der Waals surface area contributed by atoms with E-state index in [0.29, 0.717) is 34.8 Å². The molecule has 2 aromatic carbocycles. The van der Waals surface area contributed by atoms with Gasteiger partial charge in [-0.2, -0.15) is 0 Å². The van der Waals surface area contributed by atoms with Gasteiger partial charge in [-0.3, -0.25) is 29.8 Å². The number of pyridine rings is 1. The number of allylic oxidation sites excluding steroid dienone is 1. The van der Waals surface area contributed by atoms with Gasteiger partial charge in [0.1, 0.15) is 17.5 Å². The van der Waals surface area contributed by atoms with Crippen LogP contribution >= 0.6 is 0 Å². The molecule has 41 heavy (non-hydrogen) atoms. The number of ketones is 2. The summed E-state index contributed by atoms with van der Waals surface area (Å²) in [6.45, 7) is 5.51. The van der Waals surface area contributed by atoms with Crippen LogP contribution in [-0.2, 0) is 16.0 Å². The van der Waals surface area contributed by atoms with Crippen LogP contribution in [0.1, 0.15) is 42.3 Å². The minimum atomic E-state index is -0.666. The number of nitrogens with zero attached hydrogens (tertiary/aromatic N) is 3. The molecule has 1 aromatic heterocycles. The van der Waals surface area contributed by atoms with Crippen LogP contribution in [0, 0.1) is 10.8 Å². The Bertz CT molecular complexity index is 1650. The van der Waals surface area contributed by atoms with Crippen molar-refractivity contribution in [1.29, 1.82) is 5.41 Å². The van der Waals surface area contributed by atoms with E-state index >= 15 is 0 Å². The number of nitrogens with one attached hydrogen (secondary N) is 2.